The van der Waals surface area contributed by atoms with Crippen molar-refractivity contribution in [3.63, 3.8) is 0 Å². The molecule has 1 unspecified atom stereocenters. The number of nitrogens with one attached hydrogen (secondary N) is 1. The van der Waals surface area contributed by atoms with Gasteiger partial charge in [0.1, 0.15) is 5.82 Å². The molecule has 0 aliphatic heterocycles. The van der Waals surface area contributed by atoms with Crippen LogP contribution in [-0.2, 0) is 19.3 Å². The Morgan fingerprint density at radius 1 is 0.829 bits per heavy atom. The number of aromatic amines is 1. The molecule has 176 valence electrons. The van der Waals surface area contributed by atoms with Gasteiger partial charge in [0.25, 0.3) is 0 Å². The standard InChI is InChI=1S/C28H29N7/c1-3-20(2)35-27(29-26(32-35)18-15-21-9-5-4-6-10-21)19-22-13-16-23(17-14-22)24-11-7-8-12-25(24)28-30-33-34-31-28/h4-14,16-17,20H,3,15,18-19H2,1-2H3,(H,30,31,33,34). The predicted octanol–water partition coefficient (Wildman–Crippen LogP) is 5.47. The minimum Gasteiger partial charge on any atom is -0.247 e. The van der Waals surface area contributed by atoms with Crippen LogP contribution in [0, 0.1) is 0 Å². The molecule has 0 saturated carbocycles. The van der Waals surface area contributed by atoms with Gasteiger partial charge in [-0.2, -0.15) is 10.3 Å². The summed E-state index contributed by atoms with van der Waals surface area (Å²) in [7, 11) is 0. The molecule has 0 aliphatic rings. The fraction of sp³-hybridized carbons (Fsp3) is 0.250. The Balaban J connectivity index is 1.36. The topological polar surface area (TPSA) is 85.2 Å². The zero-order valence-electron chi connectivity index (χ0n) is 20.1. The van der Waals surface area contributed by atoms with Crippen molar-refractivity contribution in [1.82, 2.24) is 35.4 Å². The molecule has 3 aromatic carbocycles. The maximum Gasteiger partial charge on any atom is 0.205 e. The van der Waals surface area contributed by atoms with E-state index >= 15 is 0 Å². The van der Waals surface area contributed by atoms with Gasteiger partial charge in [0.2, 0.25) is 5.82 Å². The number of aryl methyl sites for hydroxylation is 2. The predicted molar refractivity (Wildman–Crippen MR) is 137 cm³/mol. The zero-order valence-corrected chi connectivity index (χ0v) is 20.1. The van der Waals surface area contributed by atoms with Crippen LogP contribution in [0.15, 0.2) is 78.9 Å². The van der Waals surface area contributed by atoms with Gasteiger partial charge in [-0.3, -0.25) is 0 Å². The minimum atomic E-state index is 0.309. The van der Waals surface area contributed by atoms with Crippen LogP contribution >= 0.6 is 0 Å². The third-order valence-corrected chi connectivity index (χ3v) is 6.37. The molecule has 0 amide bonds. The highest BCUT2D eigenvalue weighted by Crippen LogP contribution is 2.30. The summed E-state index contributed by atoms with van der Waals surface area (Å²) < 4.78 is 2.11. The molecule has 7 heteroatoms. The van der Waals surface area contributed by atoms with Gasteiger partial charge in [-0.1, -0.05) is 85.8 Å². The lowest BCUT2D eigenvalue weighted by Crippen LogP contribution is -2.11. The van der Waals surface area contributed by atoms with Crippen molar-refractivity contribution in [2.45, 2.75) is 45.6 Å². The van der Waals surface area contributed by atoms with Crippen LogP contribution < -0.4 is 0 Å². The van der Waals surface area contributed by atoms with E-state index in [0.29, 0.717) is 11.9 Å². The van der Waals surface area contributed by atoms with Gasteiger partial charge in [-0.05, 0) is 47.2 Å². The minimum absolute atomic E-state index is 0.309. The van der Waals surface area contributed by atoms with Crippen LogP contribution in [0.3, 0.4) is 0 Å². The number of rotatable bonds is 9. The first-order valence-corrected chi connectivity index (χ1v) is 12.1. The highest BCUT2D eigenvalue weighted by atomic mass is 15.5. The molecule has 0 spiro atoms. The molecule has 1 atom stereocenters. The quantitative estimate of drug-likeness (QED) is 0.313. The van der Waals surface area contributed by atoms with E-state index < -0.39 is 0 Å². The van der Waals surface area contributed by atoms with Gasteiger partial charge in [-0.25, -0.2) is 9.67 Å². The SMILES string of the molecule is CCC(C)n1nc(CCc2ccccc2)nc1Cc1ccc(-c2ccccc2-c2nn[nH]n2)cc1. The van der Waals surface area contributed by atoms with Crippen molar-refractivity contribution in [2.75, 3.05) is 0 Å². The van der Waals surface area contributed by atoms with E-state index in [4.69, 9.17) is 10.1 Å². The van der Waals surface area contributed by atoms with Crippen molar-refractivity contribution in [2.24, 2.45) is 0 Å². The highest BCUT2D eigenvalue weighted by Gasteiger charge is 2.16. The number of aromatic nitrogens is 7. The van der Waals surface area contributed by atoms with Crippen molar-refractivity contribution < 1.29 is 0 Å². The van der Waals surface area contributed by atoms with Crippen LogP contribution in [0.2, 0.25) is 0 Å². The maximum absolute atomic E-state index is 4.94. The summed E-state index contributed by atoms with van der Waals surface area (Å²) in [5, 5.41) is 19.4. The lowest BCUT2D eigenvalue weighted by atomic mass is 9.98. The molecule has 35 heavy (non-hydrogen) atoms. The average Bonchev–Trinajstić information content (AvgIpc) is 3.59. The van der Waals surface area contributed by atoms with Gasteiger partial charge in [0, 0.05) is 18.4 Å². The van der Waals surface area contributed by atoms with Crippen LogP contribution in [0.4, 0.5) is 0 Å². The molecule has 0 saturated heterocycles. The molecule has 5 rings (SSSR count). The summed E-state index contributed by atoms with van der Waals surface area (Å²) in [5.74, 6) is 2.52. The van der Waals surface area contributed by atoms with Gasteiger partial charge in [-0.15, -0.1) is 10.2 Å². The van der Waals surface area contributed by atoms with E-state index in [9.17, 15) is 0 Å². The van der Waals surface area contributed by atoms with E-state index in [-0.39, 0.29) is 0 Å². The number of benzene rings is 3. The Bertz CT molecular complexity index is 1360. The molecule has 2 heterocycles. The number of hydrogen-bond donors (Lipinski definition) is 1. The maximum atomic E-state index is 4.94. The monoisotopic (exact) mass is 463 g/mol. The third-order valence-electron chi connectivity index (χ3n) is 6.37. The fourth-order valence-electron chi connectivity index (χ4n) is 4.25. The molecule has 0 aliphatic carbocycles. The average molecular weight is 464 g/mol. The van der Waals surface area contributed by atoms with Gasteiger partial charge in [0.05, 0.1) is 6.04 Å². The fourth-order valence-corrected chi connectivity index (χ4v) is 4.25. The Morgan fingerprint density at radius 2 is 1.57 bits per heavy atom. The van der Waals surface area contributed by atoms with Crippen LogP contribution in [-0.4, -0.2) is 35.4 Å². The normalized spacial score (nSPS) is 12.1. The highest BCUT2D eigenvalue weighted by molar-refractivity contribution is 5.80. The number of hydrogen-bond acceptors (Lipinski definition) is 5. The number of H-pyrrole nitrogens is 1. The molecule has 5 aromatic rings. The van der Waals surface area contributed by atoms with Crippen molar-refractivity contribution in [3.8, 4) is 22.5 Å². The molecular weight excluding hydrogens is 434 g/mol. The summed E-state index contributed by atoms with van der Waals surface area (Å²) >= 11 is 0. The van der Waals surface area contributed by atoms with Gasteiger partial charge in [0.15, 0.2) is 5.82 Å². The Labute approximate surface area is 205 Å². The summed E-state index contributed by atoms with van der Waals surface area (Å²) in [6, 6.07) is 27.6. The molecule has 1 N–H and O–H groups in total. The Hall–Kier alpha value is -4.13. The molecule has 0 bridgehead atoms. The lowest BCUT2D eigenvalue weighted by Gasteiger charge is -2.12. The largest absolute Gasteiger partial charge is 0.247 e. The second-order valence-corrected chi connectivity index (χ2v) is 8.79. The van der Waals surface area contributed by atoms with Gasteiger partial charge < -0.3 is 0 Å². The first kappa shape index (κ1) is 22.7. The van der Waals surface area contributed by atoms with Gasteiger partial charge >= 0.3 is 0 Å². The summed E-state index contributed by atoms with van der Waals surface area (Å²) in [6.07, 6.45) is 3.54. The van der Waals surface area contributed by atoms with E-state index in [1.165, 1.54) is 11.1 Å². The number of nitrogens with zero attached hydrogens (tertiary/aromatic N) is 6. The second-order valence-electron chi connectivity index (χ2n) is 8.79. The first-order valence-electron chi connectivity index (χ1n) is 12.1. The zero-order chi connectivity index (χ0) is 24.0. The molecule has 2 aromatic heterocycles. The summed E-state index contributed by atoms with van der Waals surface area (Å²) in [5.41, 5.74) is 5.66. The smallest absolute Gasteiger partial charge is 0.205 e. The molecule has 7 nitrogen and oxygen atoms in total. The van der Waals surface area contributed by atoms with E-state index in [0.717, 1.165) is 54.0 Å². The van der Waals surface area contributed by atoms with Crippen LogP contribution in [0.25, 0.3) is 22.5 Å². The van der Waals surface area contributed by atoms with Crippen LogP contribution in [0.1, 0.15) is 49.1 Å². The second kappa shape index (κ2) is 10.4. The lowest BCUT2D eigenvalue weighted by molar-refractivity contribution is 0.458. The van der Waals surface area contributed by atoms with E-state index in [2.05, 4.69) is 93.8 Å². The summed E-state index contributed by atoms with van der Waals surface area (Å²) in [6.45, 7) is 4.40. The van der Waals surface area contributed by atoms with Crippen molar-refractivity contribution >= 4 is 0 Å². The van der Waals surface area contributed by atoms with Crippen molar-refractivity contribution in [1.29, 1.82) is 0 Å². The van der Waals surface area contributed by atoms with Crippen molar-refractivity contribution in [3.05, 3.63) is 102 Å². The Kier molecular flexibility index (Phi) is 6.75. The molecular formula is C28H29N7. The molecule has 0 fully saturated rings. The Morgan fingerprint density at radius 3 is 2.29 bits per heavy atom. The third kappa shape index (κ3) is 5.19. The summed E-state index contributed by atoms with van der Waals surface area (Å²) in [4.78, 5) is 4.94. The molecule has 0 radical (unpaired) electrons. The van der Waals surface area contributed by atoms with E-state index in [1.807, 2.05) is 24.3 Å². The number of tetrazole rings is 1. The van der Waals surface area contributed by atoms with E-state index in [1.54, 1.807) is 0 Å². The van der Waals surface area contributed by atoms with Crippen LogP contribution in [0.5, 0.6) is 0 Å². The first-order chi connectivity index (χ1) is 17.2.